The quantitative estimate of drug-likeness (QED) is 0.821. The van der Waals surface area contributed by atoms with E-state index in [0.717, 1.165) is 22.2 Å². The number of benzene rings is 1. The standard InChI is InChI=1S/C15H21BrN2OS/c1-18-8-3-2-4-12(18)7-9-19-14-6-5-11(16)10-13(14)15(17)20/h5-6,10,12H,2-4,7-9H2,1H3,(H2,17,20). The molecule has 0 saturated carbocycles. The third-order valence-corrected chi connectivity index (χ3v) is 4.55. The molecule has 0 bridgehead atoms. The van der Waals surface area contributed by atoms with Gasteiger partial charge in [-0.2, -0.15) is 0 Å². The van der Waals surface area contributed by atoms with E-state index >= 15 is 0 Å². The van der Waals surface area contributed by atoms with Crippen LogP contribution in [-0.4, -0.2) is 36.1 Å². The molecule has 1 aliphatic rings. The first-order valence-corrected chi connectivity index (χ1v) is 8.20. The Balaban J connectivity index is 1.92. The van der Waals surface area contributed by atoms with Gasteiger partial charge < -0.3 is 15.4 Å². The Morgan fingerprint density at radius 2 is 2.30 bits per heavy atom. The van der Waals surface area contributed by atoms with Gasteiger partial charge in [-0.3, -0.25) is 0 Å². The van der Waals surface area contributed by atoms with Crippen LogP contribution in [0, 0.1) is 0 Å². The van der Waals surface area contributed by atoms with Crippen molar-refractivity contribution in [3.8, 4) is 5.75 Å². The highest BCUT2D eigenvalue weighted by Crippen LogP contribution is 2.24. The summed E-state index contributed by atoms with van der Waals surface area (Å²) in [6, 6.07) is 6.41. The van der Waals surface area contributed by atoms with E-state index in [-0.39, 0.29) is 0 Å². The minimum Gasteiger partial charge on any atom is -0.493 e. The zero-order chi connectivity index (χ0) is 14.5. The Morgan fingerprint density at radius 1 is 1.50 bits per heavy atom. The van der Waals surface area contributed by atoms with Gasteiger partial charge in [-0.05, 0) is 51.1 Å². The average molecular weight is 357 g/mol. The Kier molecular flexibility index (Phi) is 5.81. The van der Waals surface area contributed by atoms with Crippen LogP contribution < -0.4 is 10.5 Å². The van der Waals surface area contributed by atoms with Crippen molar-refractivity contribution in [3.05, 3.63) is 28.2 Å². The predicted octanol–water partition coefficient (Wildman–Crippen LogP) is 3.34. The molecule has 0 radical (unpaired) electrons. The first-order chi connectivity index (χ1) is 9.58. The molecule has 1 aliphatic heterocycles. The molecule has 1 saturated heterocycles. The van der Waals surface area contributed by atoms with Crippen molar-refractivity contribution in [2.24, 2.45) is 5.73 Å². The number of nitrogens with two attached hydrogens (primary N) is 1. The van der Waals surface area contributed by atoms with Gasteiger partial charge >= 0.3 is 0 Å². The molecule has 0 aromatic heterocycles. The number of hydrogen-bond acceptors (Lipinski definition) is 3. The summed E-state index contributed by atoms with van der Waals surface area (Å²) in [6.45, 7) is 1.90. The van der Waals surface area contributed by atoms with Crippen molar-refractivity contribution in [1.82, 2.24) is 4.90 Å². The second-order valence-corrected chi connectivity index (χ2v) is 6.63. The van der Waals surface area contributed by atoms with Crippen molar-refractivity contribution in [2.75, 3.05) is 20.2 Å². The third-order valence-electron chi connectivity index (χ3n) is 3.84. The van der Waals surface area contributed by atoms with Gasteiger partial charge in [0.1, 0.15) is 10.7 Å². The highest BCUT2D eigenvalue weighted by atomic mass is 79.9. The molecular formula is C15H21BrN2OS. The lowest BCUT2D eigenvalue weighted by Crippen LogP contribution is -2.37. The number of thiocarbonyl (C=S) groups is 1. The van der Waals surface area contributed by atoms with Crippen LogP contribution in [0.4, 0.5) is 0 Å². The second kappa shape index (κ2) is 7.38. The van der Waals surface area contributed by atoms with Crippen molar-refractivity contribution in [2.45, 2.75) is 31.7 Å². The number of halogens is 1. The number of piperidine rings is 1. The first-order valence-electron chi connectivity index (χ1n) is 7.00. The number of hydrogen-bond donors (Lipinski definition) is 1. The molecule has 1 heterocycles. The second-order valence-electron chi connectivity index (χ2n) is 5.27. The van der Waals surface area contributed by atoms with Crippen LogP contribution >= 0.6 is 28.1 Å². The molecule has 1 fully saturated rings. The summed E-state index contributed by atoms with van der Waals surface area (Å²) in [7, 11) is 2.20. The molecule has 1 atom stereocenters. The molecule has 2 rings (SSSR count). The van der Waals surface area contributed by atoms with Crippen molar-refractivity contribution in [1.29, 1.82) is 0 Å². The van der Waals surface area contributed by atoms with Gasteiger partial charge in [0.05, 0.1) is 12.2 Å². The van der Waals surface area contributed by atoms with Crippen LogP contribution in [0.15, 0.2) is 22.7 Å². The van der Waals surface area contributed by atoms with E-state index < -0.39 is 0 Å². The maximum absolute atomic E-state index is 5.89. The van der Waals surface area contributed by atoms with Gasteiger partial charge in [-0.15, -0.1) is 0 Å². The molecule has 3 nitrogen and oxygen atoms in total. The molecule has 110 valence electrons. The average Bonchev–Trinajstić information content (AvgIpc) is 2.42. The zero-order valence-corrected chi connectivity index (χ0v) is 14.2. The number of nitrogens with zero attached hydrogens (tertiary/aromatic N) is 1. The summed E-state index contributed by atoms with van der Waals surface area (Å²) in [5.41, 5.74) is 6.54. The summed E-state index contributed by atoms with van der Waals surface area (Å²) in [6.07, 6.45) is 4.95. The van der Waals surface area contributed by atoms with Crippen LogP contribution in [0.5, 0.6) is 5.75 Å². The van der Waals surface area contributed by atoms with Gasteiger partial charge in [0.2, 0.25) is 0 Å². The molecule has 0 amide bonds. The van der Waals surface area contributed by atoms with Gasteiger partial charge in [-0.1, -0.05) is 34.6 Å². The number of likely N-dealkylation sites (tertiary alicyclic amines) is 1. The Labute approximate surface area is 134 Å². The lowest BCUT2D eigenvalue weighted by atomic mass is 10.0. The summed E-state index contributed by atoms with van der Waals surface area (Å²) in [5, 5.41) is 0. The highest BCUT2D eigenvalue weighted by molar-refractivity contribution is 9.10. The summed E-state index contributed by atoms with van der Waals surface area (Å²) < 4.78 is 6.85. The largest absolute Gasteiger partial charge is 0.493 e. The van der Waals surface area contributed by atoms with Crippen LogP contribution in [0.2, 0.25) is 0 Å². The molecule has 2 N–H and O–H groups in total. The smallest absolute Gasteiger partial charge is 0.129 e. The lowest BCUT2D eigenvalue weighted by molar-refractivity contribution is 0.153. The maximum Gasteiger partial charge on any atom is 0.129 e. The topological polar surface area (TPSA) is 38.5 Å². The minimum atomic E-state index is 0.371. The Bertz CT molecular complexity index is 481. The van der Waals surface area contributed by atoms with E-state index in [2.05, 4.69) is 27.9 Å². The van der Waals surface area contributed by atoms with Gasteiger partial charge in [0.25, 0.3) is 0 Å². The van der Waals surface area contributed by atoms with E-state index in [1.54, 1.807) is 0 Å². The Hall–Kier alpha value is -0.650. The molecule has 0 spiro atoms. The van der Waals surface area contributed by atoms with Crippen LogP contribution in [0.1, 0.15) is 31.2 Å². The van der Waals surface area contributed by atoms with E-state index in [1.807, 2.05) is 18.2 Å². The van der Waals surface area contributed by atoms with E-state index in [0.29, 0.717) is 17.6 Å². The number of ether oxygens (including phenoxy) is 1. The SMILES string of the molecule is CN1CCCCC1CCOc1ccc(Br)cc1C(N)=S. The summed E-state index contributed by atoms with van der Waals surface area (Å²) >= 11 is 8.50. The maximum atomic E-state index is 5.89. The van der Waals surface area contributed by atoms with Gasteiger partial charge in [0, 0.05) is 10.5 Å². The fraction of sp³-hybridized carbons (Fsp3) is 0.533. The van der Waals surface area contributed by atoms with E-state index in [4.69, 9.17) is 22.7 Å². The van der Waals surface area contributed by atoms with Crippen LogP contribution in [-0.2, 0) is 0 Å². The fourth-order valence-electron chi connectivity index (χ4n) is 2.63. The molecule has 0 aliphatic carbocycles. The van der Waals surface area contributed by atoms with Crippen LogP contribution in [0.25, 0.3) is 0 Å². The predicted molar refractivity (Wildman–Crippen MR) is 90.4 cm³/mol. The van der Waals surface area contributed by atoms with E-state index in [9.17, 15) is 0 Å². The van der Waals surface area contributed by atoms with Crippen molar-refractivity contribution in [3.63, 3.8) is 0 Å². The molecule has 20 heavy (non-hydrogen) atoms. The summed E-state index contributed by atoms with van der Waals surface area (Å²) in [5.74, 6) is 0.777. The zero-order valence-electron chi connectivity index (χ0n) is 11.8. The molecule has 5 heteroatoms. The van der Waals surface area contributed by atoms with Crippen LogP contribution in [0.3, 0.4) is 0 Å². The Morgan fingerprint density at radius 3 is 3.00 bits per heavy atom. The first kappa shape index (κ1) is 15.7. The highest BCUT2D eigenvalue weighted by Gasteiger charge is 2.18. The monoisotopic (exact) mass is 356 g/mol. The van der Waals surface area contributed by atoms with Gasteiger partial charge in [-0.25, -0.2) is 0 Å². The molecule has 1 unspecified atom stereocenters. The fourth-order valence-corrected chi connectivity index (χ4v) is 3.15. The molecular weight excluding hydrogens is 336 g/mol. The number of rotatable bonds is 5. The summed E-state index contributed by atoms with van der Waals surface area (Å²) in [4.78, 5) is 2.80. The molecule has 1 aromatic rings. The minimum absolute atomic E-state index is 0.371. The van der Waals surface area contributed by atoms with Gasteiger partial charge in [0.15, 0.2) is 0 Å². The van der Waals surface area contributed by atoms with E-state index in [1.165, 1.54) is 25.8 Å². The van der Waals surface area contributed by atoms with Crippen molar-refractivity contribution >= 4 is 33.1 Å². The third kappa shape index (κ3) is 4.17. The lowest BCUT2D eigenvalue weighted by Gasteiger charge is -2.32. The normalized spacial score (nSPS) is 19.8. The molecule has 1 aromatic carbocycles. The van der Waals surface area contributed by atoms with Crippen molar-refractivity contribution < 1.29 is 4.74 Å².